The topological polar surface area (TPSA) is 154 Å². The Morgan fingerprint density at radius 1 is 0.932 bits per heavy atom. The Morgan fingerprint density at radius 3 is 2.30 bits per heavy atom. The van der Waals surface area contributed by atoms with Crippen molar-refractivity contribution in [3.63, 3.8) is 0 Å². The van der Waals surface area contributed by atoms with Gasteiger partial charge >= 0.3 is 5.97 Å². The summed E-state index contributed by atoms with van der Waals surface area (Å²) in [6.45, 7) is 12.9. The second-order valence-corrected chi connectivity index (χ2v) is 17.2. The summed E-state index contributed by atoms with van der Waals surface area (Å²) in [5.74, 6) is -1.48. The third kappa shape index (κ3) is 4.25. The largest absolute Gasteiger partial charge is 0.432 e. The first kappa shape index (κ1) is 32.6. The normalized spacial score (nSPS) is 53.3. The highest BCUT2D eigenvalue weighted by molar-refractivity contribution is 6.04. The van der Waals surface area contributed by atoms with Gasteiger partial charge in [0.05, 0.1) is 12.7 Å². The van der Waals surface area contributed by atoms with Gasteiger partial charge in [0.15, 0.2) is 0 Å². The van der Waals surface area contributed by atoms with Crippen molar-refractivity contribution in [1.29, 1.82) is 0 Å². The predicted molar refractivity (Wildman–Crippen MR) is 161 cm³/mol. The Balaban J connectivity index is 1.36. The minimum Gasteiger partial charge on any atom is -0.432 e. The van der Waals surface area contributed by atoms with Gasteiger partial charge < -0.3 is 35.0 Å². The Kier molecular flexibility index (Phi) is 7.64. The zero-order valence-electron chi connectivity index (χ0n) is 27.3. The molecule has 0 amide bonds. The standard InChI is InChI=1S/C35H54O9/c1-30(2)11-13-35(18-36)14-12-32(4)19(20(35)15-30)7-8-23-31(3)10-9-24(39)34(6,27(31)21(37)16-33(23,32)5)29(42)44-28-26(41)25(40)22(38)17-43-28/h7,20-23,25-28,36-38,40-41H,8-18H2,1-6H3/t20-,21-,22+,23-,25+,26-,27-,28+,31-,32-,33-,34-,35-/m1/s1. The molecule has 1 heterocycles. The maximum Gasteiger partial charge on any atom is 0.322 e. The van der Waals surface area contributed by atoms with E-state index in [0.717, 1.165) is 38.5 Å². The first-order valence-corrected chi connectivity index (χ1v) is 16.8. The van der Waals surface area contributed by atoms with Crippen molar-refractivity contribution in [3.05, 3.63) is 11.6 Å². The van der Waals surface area contributed by atoms with Crippen LogP contribution in [0, 0.1) is 50.2 Å². The molecule has 0 aromatic rings. The molecule has 0 aromatic heterocycles. The number of hydrogen-bond acceptors (Lipinski definition) is 9. The lowest BCUT2D eigenvalue weighted by Crippen LogP contribution is -2.69. The summed E-state index contributed by atoms with van der Waals surface area (Å²) in [6.07, 6.45) is 2.42. The fraction of sp³-hybridized carbons (Fsp3) is 0.886. The van der Waals surface area contributed by atoms with Crippen molar-refractivity contribution >= 4 is 11.8 Å². The summed E-state index contributed by atoms with van der Waals surface area (Å²) in [4.78, 5) is 27.7. The van der Waals surface area contributed by atoms with Gasteiger partial charge in [0.2, 0.25) is 6.29 Å². The minimum atomic E-state index is -1.67. The van der Waals surface area contributed by atoms with Crippen LogP contribution in [0.4, 0.5) is 0 Å². The van der Waals surface area contributed by atoms with E-state index in [2.05, 4.69) is 40.7 Å². The number of aliphatic hydroxyl groups is 5. The second-order valence-electron chi connectivity index (χ2n) is 17.2. The number of aliphatic hydroxyl groups excluding tert-OH is 5. The lowest BCUT2D eigenvalue weighted by Gasteiger charge is -2.71. The van der Waals surface area contributed by atoms with Gasteiger partial charge in [-0.15, -0.1) is 0 Å². The third-order valence-corrected chi connectivity index (χ3v) is 14.6. The number of fused-ring (bicyclic) bond motifs is 7. The molecule has 5 N–H and O–H groups in total. The first-order chi connectivity index (χ1) is 20.4. The molecule has 6 aliphatic rings. The zero-order chi connectivity index (χ0) is 32.3. The monoisotopic (exact) mass is 618 g/mol. The summed E-state index contributed by atoms with van der Waals surface area (Å²) in [6, 6.07) is 0. The number of Topliss-reactive ketones (excluding diaryl/α,β-unsaturated/α-hetero) is 1. The molecule has 1 saturated heterocycles. The number of rotatable bonds is 3. The molecule has 0 bridgehead atoms. The number of carbonyl (C=O) groups is 2. The highest BCUT2D eigenvalue weighted by Gasteiger charge is 2.72. The molecule has 9 nitrogen and oxygen atoms in total. The lowest BCUT2D eigenvalue weighted by molar-refractivity contribution is -0.273. The van der Waals surface area contributed by atoms with Crippen LogP contribution >= 0.6 is 0 Å². The predicted octanol–water partition coefficient (Wildman–Crippen LogP) is 3.28. The van der Waals surface area contributed by atoms with Gasteiger partial charge in [0.1, 0.15) is 29.5 Å². The highest BCUT2D eigenvalue weighted by atomic mass is 16.7. The molecule has 0 spiro atoms. The van der Waals surface area contributed by atoms with E-state index in [1.807, 2.05) is 0 Å². The molecule has 44 heavy (non-hydrogen) atoms. The van der Waals surface area contributed by atoms with Crippen molar-refractivity contribution in [2.75, 3.05) is 13.2 Å². The SMILES string of the molecule is CC1(C)CC[C@]2(CO)CC[C@]3(C)C(=CC[C@@H]4[C@@]5(C)CCC(=O)[C@@](C)(C(=O)O[C@@H]6OC[C@H](O)[C@H](O)[C@H]6O)[C@@H]5[C@H](O)C[C@]43C)[C@H]2C1. The molecule has 248 valence electrons. The van der Waals surface area contributed by atoms with Crippen LogP contribution in [0.25, 0.3) is 0 Å². The average molecular weight is 619 g/mol. The molecule has 6 rings (SSSR count). The number of ketones is 1. The van der Waals surface area contributed by atoms with Crippen LogP contribution in [0.3, 0.4) is 0 Å². The van der Waals surface area contributed by atoms with E-state index in [1.165, 1.54) is 5.57 Å². The smallest absolute Gasteiger partial charge is 0.322 e. The Morgan fingerprint density at radius 2 is 1.61 bits per heavy atom. The molecular weight excluding hydrogens is 564 g/mol. The Hall–Kier alpha value is -1.36. The van der Waals surface area contributed by atoms with E-state index < -0.39 is 53.4 Å². The van der Waals surface area contributed by atoms with Gasteiger partial charge in [-0.05, 0) is 91.8 Å². The minimum absolute atomic E-state index is 0.0985. The van der Waals surface area contributed by atoms with E-state index in [9.17, 15) is 35.1 Å². The first-order valence-electron chi connectivity index (χ1n) is 16.8. The molecule has 5 aliphatic carbocycles. The van der Waals surface area contributed by atoms with Gasteiger partial charge in [0, 0.05) is 24.4 Å². The van der Waals surface area contributed by atoms with Crippen LogP contribution in [0.1, 0.15) is 99.3 Å². The van der Waals surface area contributed by atoms with Crippen LogP contribution in [-0.4, -0.2) is 81.2 Å². The summed E-state index contributed by atoms with van der Waals surface area (Å²) in [5.41, 5.74) is -1.18. The molecule has 0 unspecified atom stereocenters. The molecule has 0 radical (unpaired) electrons. The summed E-state index contributed by atoms with van der Waals surface area (Å²) >= 11 is 0. The number of allylic oxidation sites excluding steroid dienone is 2. The maximum atomic E-state index is 14.0. The van der Waals surface area contributed by atoms with Gasteiger partial charge in [-0.3, -0.25) is 9.59 Å². The summed E-state index contributed by atoms with van der Waals surface area (Å²) < 4.78 is 10.9. The number of ether oxygens (including phenoxy) is 2. The molecule has 0 aromatic carbocycles. The number of carbonyl (C=O) groups excluding carboxylic acids is 2. The van der Waals surface area contributed by atoms with Crippen LogP contribution < -0.4 is 0 Å². The van der Waals surface area contributed by atoms with Crippen LogP contribution in [0.2, 0.25) is 0 Å². The van der Waals surface area contributed by atoms with Crippen molar-refractivity contribution in [2.45, 2.75) is 130 Å². The summed E-state index contributed by atoms with van der Waals surface area (Å²) in [7, 11) is 0. The maximum absolute atomic E-state index is 14.0. The highest BCUT2D eigenvalue weighted by Crippen LogP contribution is 2.75. The quantitative estimate of drug-likeness (QED) is 0.182. The molecular formula is C35H54O9. The van der Waals surface area contributed by atoms with Gasteiger partial charge in [-0.1, -0.05) is 46.3 Å². The summed E-state index contributed by atoms with van der Waals surface area (Å²) in [5, 5.41) is 53.3. The van der Waals surface area contributed by atoms with E-state index in [-0.39, 0.29) is 53.0 Å². The van der Waals surface area contributed by atoms with Crippen molar-refractivity contribution in [1.82, 2.24) is 0 Å². The molecule has 5 fully saturated rings. The van der Waals surface area contributed by atoms with Crippen molar-refractivity contribution in [2.24, 2.45) is 50.2 Å². The van der Waals surface area contributed by atoms with Crippen LogP contribution in [0.5, 0.6) is 0 Å². The third-order valence-electron chi connectivity index (χ3n) is 14.6. The Labute approximate surface area is 261 Å². The lowest BCUT2D eigenvalue weighted by atomic mass is 9.33. The fourth-order valence-corrected chi connectivity index (χ4v) is 11.7. The van der Waals surface area contributed by atoms with E-state index in [4.69, 9.17) is 9.47 Å². The fourth-order valence-electron chi connectivity index (χ4n) is 11.7. The van der Waals surface area contributed by atoms with Crippen LogP contribution in [-0.2, 0) is 19.1 Å². The number of hydrogen-bond donors (Lipinski definition) is 5. The second kappa shape index (κ2) is 10.3. The number of esters is 1. The van der Waals surface area contributed by atoms with E-state index in [1.54, 1.807) is 6.92 Å². The van der Waals surface area contributed by atoms with Gasteiger partial charge in [-0.2, -0.15) is 0 Å². The van der Waals surface area contributed by atoms with E-state index >= 15 is 0 Å². The van der Waals surface area contributed by atoms with Crippen molar-refractivity contribution < 1.29 is 44.6 Å². The molecule has 1 aliphatic heterocycles. The van der Waals surface area contributed by atoms with Crippen LogP contribution in [0.15, 0.2) is 11.6 Å². The molecule has 4 saturated carbocycles. The van der Waals surface area contributed by atoms with Gasteiger partial charge in [0.25, 0.3) is 0 Å². The van der Waals surface area contributed by atoms with Crippen molar-refractivity contribution in [3.8, 4) is 0 Å². The molecule has 13 atom stereocenters. The Bertz CT molecular complexity index is 1230. The average Bonchev–Trinajstić information content (AvgIpc) is 2.95. The van der Waals surface area contributed by atoms with Gasteiger partial charge in [-0.25, -0.2) is 0 Å². The molecule has 9 heteroatoms. The zero-order valence-corrected chi connectivity index (χ0v) is 27.3. The van der Waals surface area contributed by atoms with E-state index in [0.29, 0.717) is 18.8 Å².